The molecule has 6 rings (SSSR count). The molecule has 4 aliphatic rings. The summed E-state index contributed by atoms with van der Waals surface area (Å²) in [5, 5.41) is 3.01. The Kier molecular flexibility index (Phi) is 7.96. The van der Waals surface area contributed by atoms with Crippen LogP contribution in [0, 0.1) is 5.92 Å². The summed E-state index contributed by atoms with van der Waals surface area (Å²) in [5.41, 5.74) is 5.00. The largest absolute Gasteiger partial charge is 0.378 e. The molecule has 9 heteroatoms. The Labute approximate surface area is 241 Å². The zero-order chi connectivity index (χ0) is 28.3. The second-order valence-corrected chi connectivity index (χ2v) is 11.4. The highest BCUT2D eigenvalue weighted by Gasteiger charge is 2.32. The number of anilines is 2. The minimum absolute atomic E-state index is 0.0684. The van der Waals surface area contributed by atoms with Crippen LogP contribution in [0.15, 0.2) is 54.1 Å². The highest BCUT2D eigenvalue weighted by molar-refractivity contribution is 6.02. The van der Waals surface area contributed by atoms with Crippen molar-refractivity contribution in [3.8, 4) is 0 Å². The van der Waals surface area contributed by atoms with Gasteiger partial charge in [-0.1, -0.05) is 31.2 Å². The zero-order valence-corrected chi connectivity index (χ0v) is 23.8. The molecule has 3 saturated heterocycles. The second-order valence-electron chi connectivity index (χ2n) is 11.4. The van der Waals surface area contributed by atoms with Crippen LogP contribution in [0.25, 0.3) is 6.08 Å². The number of carbonyl (C=O) groups excluding carboxylic acids is 3. The number of piperidine rings is 1. The summed E-state index contributed by atoms with van der Waals surface area (Å²) in [5.74, 6) is 0.519. The fourth-order valence-electron chi connectivity index (χ4n) is 6.42. The number of piperazine rings is 1. The topological polar surface area (TPSA) is 85.4 Å². The Morgan fingerprint density at radius 1 is 0.780 bits per heavy atom. The third-order valence-corrected chi connectivity index (χ3v) is 8.99. The lowest BCUT2D eigenvalue weighted by Crippen LogP contribution is -2.52. The van der Waals surface area contributed by atoms with Crippen LogP contribution in [0.1, 0.15) is 36.8 Å². The van der Waals surface area contributed by atoms with Crippen LogP contribution in [0.3, 0.4) is 0 Å². The second kappa shape index (κ2) is 11.9. The third kappa shape index (κ3) is 5.81. The number of rotatable bonds is 4. The minimum Gasteiger partial charge on any atom is -0.378 e. The van der Waals surface area contributed by atoms with E-state index in [0.717, 1.165) is 48.4 Å². The first-order valence-corrected chi connectivity index (χ1v) is 14.8. The lowest BCUT2D eigenvalue weighted by molar-refractivity contribution is -0.140. The van der Waals surface area contributed by atoms with Crippen molar-refractivity contribution >= 4 is 35.3 Å². The van der Waals surface area contributed by atoms with Gasteiger partial charge in [-0.05, 0) is 54.3 Å². The van der Waals surface area contributed by atoms with Crippen LogP contribution in [0.2, 0.25) is 0 Å². The first kappa shape index (κ1) is 27.3. The number of amides is 4. The number of ether oxygens (including phenoxy) is 1. The average Bonchev–Trinajstić information content (AvgIpc) is 3.37. The van der Waals surface area contributed by atoms with Gasteiger partial charge in [-0.25, -0.2) is 4.79 Å². The van der Waals surface area contributed by atoms with Gasteiger partial charge in [0.05, 0.1) is 13.2 Å². The summed E-state index contributed by atoms with van der Waals surface area (Å²) in [6.45, 7) is 8.50. The molecule has 0 saturated carbocycles. The molecule has 3 fully saturated rings. The maximum atomic E-state index is 13.2. The highest BCUT2D eigenvalue weighted by Crippen LogP contribution is 2.36. The number of urea groups is 1. The number of nitrogens with one attached hydrogen (secondary N) is 1. The van der Waals surface area contributed by atoms with E-state index < -0.39 is 0 Å². The first-order valence-electron chi connectivity index (χ1n) is 14.8. The van der Waals surface area contributed by atoms with Crippen LogP contribution in [-0.4, -0.2) is 98.1 Å². The summed E-state index contributed by atoms with van der Waals surface area (Å²) in [4.78, 5) is 46.9. The number of nitrogens with zero attached hydrogens (tertiary/aromatic N) is 4. The third-order valence-electron chi connectivity index (χ3n) is 8.99. The molecule has 9 nitrogen and oxygen atoms in total. The lowest BCUT2D eigenvalue weighted by Gasteiger charge is -2.36. The molecule has 3 aliphatic heterocycles. The highest BCUT2D eigenvalue weighted by atomic mass is 16.5. The van der Waals surface area contributed by atoms with Crippen molar-refractivity contribution < 1.29 is 19.1 Å². The first-order chi connectivity index (χ1) is 20.0. The molecule has 1 unspecified atom stereocenters. The minimum atomic E-state index is -0.145. The van der Waals surface area contributed by atoms with Gasteiger partial charge in [0.15, 0.2) is 0 Å². The molecule has 1 atom stereocenters. The summed E-state index contributed by atoms with van der Waals surface area (Å²) >= 11 is 0. The van der Waals surface area contributed by atoms with E-state index in [0.29, 0.717) is 52.5 Å². The van der Waals surface area contributed by atoms with E-state index in [1.165, 1.54) is 5.56 Å². The summed E-state index contributed by atoms with van der Waals surface area (Å²) < 4.78 is 5.38. The number of carbonyl (C=O) groups is 3. The summed E-state index contributed by atoms with van der Waals surface area (Å²) in [6.07, 6.45) is 3.72. The maximum Gasteiger partial charge on any atom is 0.321 e. The van der Waals surface area contributed by atoms with Gasteiger partial charge in [-0.3, -0.25) is 9.59 Å². The van der Waals surface area contributed by atoms with Gasteiger partial charge >= 0.3 is 6.03 Å². The van der Waals surface area contributed by atoms with Crippen LogP contribution in [0.4, 0.5) is 16.2 Å². The maximum absolute atomic E-state index is 13.2. The van der Waals surface area contributed by atoms with E-state index in [-0.39, 0.29) is 29.7 Å². The Balaban J connectivity index is 0.959. The Morgan fingerprint density at radius 3 is 2.12 bits per heavy atom. The van der Waals surface area contributed by atoms with Gasteiger partial charge in [0, 0.05) is 81.1 Å². The predicted octanol–water partition coefficient (Wildman–Crippen LogP) is 3.64. The molecule has 3 heterocycles. The average molecular weight is 558 g/mol. The van der Waals surface area contributed by atoms with E-state index in [9.17, 15) is 14.4 Å². The molecule has 1 aliphatic carbocycles. The fourth-order valence-corrected chi connectivity index (χ4v) is 6.42. The van der Waals surface area contributed by atoms with Gasteiger partial charge in [0.25, 0.3) is 5.91 Å². The zero-order valence-electron chi connectivity index (χ0n) is 23.8. The van der Waals surface area contributed by atoms with Crippen molar-refractivity contribution in [3.63, 3.8) is 0 Å². The molecule has 1 N–H and O–H groups in total. The molecule has 0 bridgehead atoms. The van der Waals surface area contributed by atoms with Gasteiger partial charge in [-0.15, -0.1) is 0 Å². The van der Waals surface area contributed by atoms with Gasteiger partial charge in [0.2, 0.25) is 5.91 Å². The van der Waals surface area contributed by atoms with Crippen LogP contribution in [-0.2, 0) is 14.3 Å². The van der Waals surface area contributed by atoms with Crippen LogP contribution >= 0.6 is 0 Å². The predicted molar refractivity (Wildman–Crippen MR) is 159 cm³/mol. The number of benzene rings is 2. The van der Waals surface area contributed by atoms with Crippen molar-refractivity contribution in [2.24, 2.45) is 5.92 Å². The number of fused-ring (bicyclic) bond motifs is 1. The molecular weight excluding hydrogens is 518 g/mol. The van der Waals surface area contributed by atoms with Crippen molar-refractivity contribution in [1.82, 2.24) is 14.7 Å². The molecule has 41 heavy (non-hydrogen) atoms. The van der Waals surface area contributed by atoms with Crippen molar-refractivity contribution in [1.29, 1.82) is 0 Å². The van der Waals surface area contributed by atoms with E-state index in [2.05, 4.69) is 29.3 Å². The van der Waals surface area contributed by atoms with E-state index in [1.54, 1.807) is 4.90 Å². The van der Waals surface area contributed by atoms with E-state index in [4.69, 9.17) is 4.74 Å². The number of hydrogen-bond donors (Lipinski definition) is 1. The van der Waals surface area contributed by atoms with Crippen LogP contribution < -0.4 is 10.2 Å². The summed E-state index contributed by atoms with van der Waals surface area (Å²) in [7, 11) is 0. The van der Waals surface area contributed by atoms with E-state index >= 15 is 0 Å². The van der Waals surface area contributed by atoms with Crippen molar-refractivity contribution in [3.05, 3.63) is 65.2 Å². The quantitative estimate of drug-likeness (QED) is 0.621. The molecule has 0 aromatic heterocycles. The normalized spacial score (nSPS) is 21.4. The monoisotopic (exact) mass is 557 g/mol. The van der Waals surface area contributed by atoms with Gasteiger partial charge in [0.1, 0.15) is 0 Å². The molecule has 0 spiro atoms. The smallest absolute Gasteiger partial charge is 0.321 e. The fraction of sp³-hybridized carbons (Fsp3) is 0.469. The molecule has 0 radical (unpaired) electrons. The van der Waals surface area contributed by atoms with Gasteiger partial charge in [-0.2, -0.15) is 0 Å². The Bertz CT molecular complexity index is 1300. The molecule has 216 valence electrons. The lowest BCUT2D eigenvalue weighted by atomic mass is 9.94. The van der Waals surface area contributed by atoms with Crippen LogP contribution in [0.5, 0.6) is 0 Å². The number of hydrogen-bond acceptors (Lipinski definition) is 5. The molecule has 4 amide bonds. The SMILES string of the molecule is CC1C(C(=O)N2CCN(C(=O)Nc3ccc(N4CCC(C(=O)N5CCOCC5)CC4)cc3)CC2)=Cc2ccccc21. The van der Waals surface area contributed by atoms with Crippen molar-refractivity contribution in [2.75, 3.05) is 75.8 Å². The summed E-state index contributed by atoms with van der Waals surface area (Å²) in [6, 6.07) is 15.9. The number of morpholine rings is 1. The Hall–Kier alpha value is -3.85. The molecule has 2 aromatic carbocycles. The van der Waals surface area contributed by atoms with Crippen molar-refractivity contribution in [2.45, 2.75) is 25.7 Å². The molecular formula is C32H39N5O4. The van der Waals surface area contributed by atoms with Gasteiger partial charge < -0.3 is 29.7 Å². The van der Waals surface area contributed by atoms with E-state index in [1.807, 2.05) is 52.3 Å². The standard InChI is InChI=1S/C32H39N5O4/c1-23-28-5-3-2-4-25(28)22-29(23)31(39)35-14-16-37(17-15-35)32(40)33-26-6-8-27(9-7-26)34-12-10-24(11-13-34)30(38)36-18-20-41-21-19-36/h2-9,22-24H,10-21H2,1H3,(H,33,40). The Morgan fingerprint density at radius 2 is 1.44 bits per heavy atom. The molecule has 2 aromatic rings.